The van der Waals surface area contributed by atoms with Crippen LogP contribution in [0.4, 0.5) is 0 Å². The van der Waals surface area contributed by atoms with Crippen molar-refractivity contribution < 1.29 is 22.7 Å². The number of nitrogens with one attached hydrogen (secondary N) is 1. The first-order chi connectivity index (χ1) is 11.8. The Balaban J connectivity index is 2.34. The van der Waals surface area contributed by atoms with Crippen LogP contribution in [0.25, 0.3) is 0 Å². The summed E-state index contributed by atoms with van der Waals surface area (Å²) in [4.78, 5) is 23.2. The van der Waals surface area contributed by atoms with Gasteiger partial charge in [0.05, 0.1) is 12.0 Å². The molecule has 1 aromatic carbocycles. The van der Waals surface area contributed by atoms with Gasteiger partial charge in [0.25, 0.3) is 10.0 Å². The van der Waals surface area contributed by atoms with E-state index in [0.29, 0.717) is 25.0 Å². The molecule has 1 amide bonds. The lowest BCUT2D eigenvalue weighted by atomic mass is 10.1. The van der Waals surface area contributed by atoms with Gasteiger partial charge in [0, 0.05) is 19.7 Å². The van der Waals surface area contributed by atoms with Crippen molar-refractivity contribution in [1.29, 1.82) is 0 Å². The number of carbonyl (C=O) groups excluding carboxylic acids is 2. The van der Waals surface area contributed by atoms with Gasteiger partial charge in [-0.15, -0.1) is 0 Å². The van der Waals surface area contributed by atoms with E-state index in [-0.39, 0.29) is 10.6 Å². The smallest absolute Gasteiger partial charge is 0.354 e. The Kier molecular flexibility index (Phi) is 5.97. The molecule has 1 aliphatic heterocycles. The molecule has 1 aliphatic rings. The first-order valence-electron chi connectivity index (χ1n) is 7.70. The SMILES string of the molecule is COC(=O)/C(=C/C1=CN(S(=O)(=O)c2ccccc2)CCC1)NC(C)=O. The average Bonchev–Trinajstić information content (AvgIpc) is 2.61. The molecule has 1 heterocycles. The molecule has 0 fully saturated rings. The Morgan fingerprint density at radius 1 is 1.24 bits per heavy atom. The number of hydrogen-bond donors (Lipinski definition) is 1. The molecular weight excluding hydrogens is 344 g/mol. The zero-order valence-electron chi connectivity index (χ0n) is 14.1. The molecule has 0 atom stereocenters. The third-order valence-corrected chi connectivity index (χ3v) is 5.32. The van der Waals surface area contributed by atoms with Crippen molar-refractivity contribution in [2.24, 2.45) is 0 Å². The second-order valence-electron chi connectivity index (χ2n) is 5.47. The molecule has 134 valence electrons. The van der Waals surface area contributed by atoms with Crippen molar-refractivity contribution in [1.82, 2.24) is 9.62 Å². The van der Waals surface area contributed by atoms with Gasteiger partial charge in [-0.3, -0.25) is 9.10 Å². The van der Waals surface area contributed by atoms with E-state index >= 15 is 0 Å². The van der Waals surface area contributed by atoms with E-state index in [9.17, 15) is 18.0 Å². The quantitative estimate of drug-likeness (QED) is 0.632. The van der Waals surface area contributed by atoms with Crippen LogP contribution in [0, 0.1) is 0 Å². The highest BCUT2D eigenvalue weighted by molar-refractivity contribution is 7.89. The summed E-state index contributed by atoms with van der Waals surface area (Å²) in [7, 11) is -2.45. The molecule has 0 unspecified atom stereocenters. The van der Waals surface area contributed by atoms with Crippen molar-refractivity contribution in [3.8, 4) is 0 Å². The Morgan fingerprint density at radius 2 is 1.92 bits per heavy atom. The summed E-state index contributed by atoms with van der Waals surface area (Å²) in [5.74, 6) is -1.11. The molecule has 0 saturated heterocycles. The monoisotopic (exact) mass is 364 g/mol. The predicted octanol–water partition coefficient (Wildman–Crippen LogP) is 1.55. The lowest BCUT2D eigenvalue weighted by molar-refractivity contribution is -0.137. The van der Waals surface area contributed by atoms with Gasteiger partial charge in [0.2, 0.25) is 5.91 Å². The first-order valence-corrected chi connectivity index (χ1v) is 9.14. The van der Waals surface area contributed by atoms with Crippen molar-refractivity contribution >= 4 is 21.9 Å². The van der Waals surface area contributed by atoms with E-state index in [1.54, 1.807) is 18.2 Å². The molecule has 0 saturated carbocycles. The van der Waals surface area contributed by atoms with Gasteiger partial charge in [-0.2, -0.15) is 0 Å². The van der Waals surface area contributed by atoms with Crippen molar-refractivity contribution in [3.05, 3.63) is 53.9 Å². The van der Waals surface area contributed by atoms with Crippen molar-refractivity contribution in [2.45, 2.75) is 24.7 Å². The largest absolute Gasteiger partial charge is 0.464 e. The van der Waals surface area contributed by atoms with Gasteiger partial charge >= 0.3 is 5.97 Å². The highest BCUT2D eigenvalue weighted by Crippen LogP contribution is 2.23. The Hall–Kier alpha value is -2.61. The third kappa shape index (κ3) is 4.69. The van der Waals surface area contributed by atoms with Crippen LogP contribution in [0.2, 0.25) is 0 Å². The number of nitrogens with zero attached hydrogens (tertiary/aromatic N) is 1. The molecule has 0 bridgehead atoms. The molecule has 0 aromatic heterocycles. The second-order valence-corrected chi connectivity index (χ2v) is 7.36. The van der Waals surface area contributed by atoms with Crippen LogP contribution in [0.1, 0.15) is 19.8 Å². The van der Waals surface area contributed by atoms with Crippen molar-refractivity contribution in [2.75, 3.05) is 13.7 Å². The third-order valence-electron chi connectivity index (χ3n) is 3.55. The number of sulfonamides is 1. The van der Waals surface area contributed by atoms with E-state index in [1.165, 1.54) is 42.7 Å². The first kappa shape index (κ1) is 18.7. The Morgan fingerprint density at radius 3 is 2.52 bits per heavy atom. The van der Waals surface area contributed by atoms with Crippen LogP contribution in [0.5, 0.6) is 0 Å². The lowest BCUT2D eigenvalue weighted by Gasteiger charge is -2.25. The number of carbonyl (C=O) groups is 2. The summed E-state index contributed by atoms with van der Waals surface area (Å²) in [5.41, 5.74) is 0.583. The van der Waals surface area contributed by atoms with E-state index in [1.807, 2.05) is 0 Å². The number of allylic oxidation sites excluding steroid dienone is 2. The molecule has 1 N–H and O–H groups in total. The number of amides is 1. The number of esters is 1. The zero-order valence-corrected chi connectivity index (χ0v) is 14.9. The maximum atomic E-state index is 12.7. The minimum atomic E-state index is -3.66. The molecule has 8 heteroatoms. The fourth-order valence-electron chi connectivity index (χ4n) is 2.41. The Labute approximate surface area is 147 Å². The number of rotatable bonds is 5. The highest BCUT2D eigenvalue weighted by atomic mass is 32.2. The number of benzene rings is 1. The maximum absolute atomic E-state index is 12.7. The van der Waals surface area contributed by atoms with Crippen LogP contribution in [-0.2, 0) is 24.3 Å². The van der Waals surface area contributed by atoms with Crippen LogP contribution in [-0.4, -0.2) is 38.3 Å². The molecule has 0 radical (unpaired) electrons. The van der Waals surface area contributed by atoms with Gasteiger partial charge < -0.3 is 10.1 Å². The molecule has 25 heavy (non-hydrogen) atoms. The average molecular weight is 364 g/mol. The highest BCUT2D eigenvalue weighted by Gasteiger charge is 2.24. The summed E-state index contributed by atoms with van der Waals surface area (Å²) in [6.45, 7) is 1.63. The van der Waals surface area contributed by atoms with Gasteiger partial charge in [0.1, 0.15) is 5.70 Å². The van der Waals surface area contributed by atoms with Crippen LogP contribution in [0.15, 0.2) is 58.8 Å². The fourth-order valence-corrected chi connectivity index (χ4v) is 3.83. The number of methoxy groups -OCH3 is 1. The molecule has 1 aromatic rings. The zero-order chi connectivity index (χ0) is 18.4. The van der Waals surface area contributed by atoms with E-state index in [0.717, 1.165) is 0 Å². The number of ether oxygens (including phenoxy) is 1. The molecular formula is C17H20N2O5S. The van der Waals surface area contributed by atoms with Crippen LogP contribution < -0.4 is 5.32 Å². The Bertz CT molecular complexity index is 813. The summed E-state index contributed by atoms with van der Waals surface area (Å²) in [6, 6.07) is 8.13. The molecule has 7 nitrogen and oxygen atoms in total. The lowest BCUT2D eigenvalue weighted by Crippen LogP contribution is -2.30. The fraction of sp³-hybridized carbons (Fsp3) is 0.294. The van der Waals surface area contributed by atoms with Gasteiger partial charge in [-0.1, -0.05) is 18.2 Å². The number of hydrogen-bond acceptors (Lipinski definition) is 5. The summed E-state index contributed by atoms with van der Waals surface area (Å²) >= 11 is 0. The van der Waals surface area contributed by atoms with E-state index in [2.05, 4.69) is 10.1 Å². The van der Waals surface area contributed by atoms with Gasteiger partial charge in [-0.05, 0) is 36.6 Å². The van der Waals surface area contributed by atoms with Gasteiger partial charge in [0.15, 0.2) is 0 Å². The minimum Gasteiger partial charge on any atom is -0.464 e. The summed E-state index contributed by atoms with van der Waals surface area (Å²) in [5, 5.41) is 2.40. The van der Waals surface area contributed by atoms with Crippen LogP contribution in [0.3, 0.4) is 0 Å². The second kappa shape index (κ2) is 7.98. The van der Waals surface area contributed by atoms with Crippen molar-refractivity contribution in [3.63, 3.8) is 0 Å². The predicted molar refractivity (Wildman–Crippen MR) is 91.6 cm³/mol. The standard InChI is InChI=1S/C17H20N2O5S/c1-13(20)18-16(17(21)24-2)11-14-7-6-10-19(12-14)25(22,23)15-8-4-3-5-9-15/h3-5,8-9,11-12H,6-7,10H2,1-2H3,(H,18,20)/b16-11-. The topological polar surface area (TPSA) is 92.8 Å². The molecule has 2 rings (SSSR count). The normalized spacial score (nSPS) is 15.4. The summed E-state index contributed by atoms with van der Waals surface area (Å²) < 4.78 is 31.3. The molecule has 0 spiro atoms. The van der Waals surface area contributed by atoms with Crippen LogP contribution >= 0.6 is 0 Å². The van der Waals surface area contributed by atoms with E-state index in [4.69, 9.17) is 0 Å². The molecule has 0 aliphatic carbocycles. The van der Waals surface area contributed by atoms with E-state index < -0.39 is 21.9 Å². The minimum absolute atomic E-state index is 0.0276. The van der Waals surface area contributed by atoms with Gasteiger partial charge in [-0.25, -0.2) is 13.2 Å². The summed E-state index contributed by atoms with van der Waals surface area (Å²) in [6.07, 6.45) is 4.11. The maximum Gasteiger partial charge on any atom is 0.354 e.